The van der Waals surface area contributed by atoms with Crippen LogP contribution in [0.2, 0.25) is 0 Å². The lowest BCUT2D eigenvalue weighted by Gasteiger charge is -2.24. The molecule has 136 valence electrons. The fourth-order valence-corrected chi connectivity index (χ4v) is 3.99. The SMILES string of the molecule is CCOc1ccc(N2C(=O)CS[C@H]2c2ccc(NC(=O)CCl)cc2)cc1. The fourth-order valence-electron chi connectivity index (χ4n) is 2.74. The molecule has 0 saturated carbocycles. The lowest BCUT2D eigenvalue weighted by molar-refractivity contribution is -0.116. The zero-order valence-corrected chi connectivity index (χ0v) is 15.8. The number of benzene rings is 2. The Morgan fingerprint density at radius 2 is 1.92 bits per heavy atom. The summed E-state index contributed by atoms with van der Waals surface area (Å²) in [7, 11) is 0. The minimum atomic E-state index is -0.249. The lowest BCUT2D eigenvalue weighted by atomic mass is 10.1. The van der Waals surface area contributed by atoms with Gasteiger partial charge < -0.3 is 10.1 Å². The molecule has 2 aromatic rings. The Balaban J connectivity index is 1.80. The average Bonchev–Trinajstić information content (AvgIpc) is 3.05. The van der Waals surface area contributed by atoms with Crippen LogP contribution < -0.4 is 15.0 Å². The molecular formula is C19H19ClN2O3S. The molecule has 0 aromatic heterocycles. The summed E-state index contributed by atoms with van der Waals surface area (Å²) in [5.74, 6) is 0.957. The van der Waals surface area contributed by atoms with Crippen molar-refractivity contribution in [2.24, 2.45) is 0 Å². The van der Waals surface area contributed by atoms with Crippen LogP contribution >= 0.6 is 23.4 Å². The van der Waals surface area contributed by atoms with Crippen molar-refractivity contribution in [1.29, 1.82) is 0 Å². The van der Waals surface area contributed by atoms with Crippen LogP contribution in [0.1, 0.15) is 17.9 Å². The molecule has 0 radical (unpaired) electrons. The number of carbonyl (C=O) groups is 2. The molecule has 1 fully saturated rings. The molecule has 0 aliphatic carbocycles. The van der Waals surface area contributed by atoms with E-state index in [2.05, 4.69) is 5.32 Å². The first-order chi connectivity index (χ1) is 12.6. The summed E-state index contributed by atoms with van der Waals surface area (Å²) in [5, 5.41) is 2.61. The van der Waals surface area contributed by atoms with Gasteiger partial charge in [-0.05, 0) is 48.9 Å². The first-order valence-electron chi connectivity index (χ1n) is 8.24. The molecule has 7 heteroatoms. The van der Waals surface area contributed by atoms with Gasteiger partial charge in [0, 0.05) is 11.4 Å². The van der Waals surface area contributed by atoms with Crippen LogP contribution in [0.5, 0.6) is 5.75 Å². The first-order valence-corrected chi connectivity index (χ1v) is 9.83. The molecule has 2 aromatic carbocycles. The van der Waals surface area contributed by atoms with Gasteiger partial charge in [-0.15, -0.1) is 23.4 Å². The van der Waals surface area contributed by atoms with Crippen molar-refractivity contribution in [2.45, 2.75) is 12.3 Å². The summed E-state index contributed by atoms with van der Waals surface area (Å²) in [4.78, 5) is 25.6. The van der Waals surface area contributed by atoms with E-state index in [4.69, 9.17) is 16.3 Å². The summed E-state index contributed by atoms with van der Waals surface area (Å²) in [6.45, 7) is 2.54. The van der Waals surface area contributed by atoms with Gasteiger partial charge in [0.15, 0.2) is 0 Å². The fraction of sp³-hybridized carbons (Fsp3) is 0.263. The van der Waals surface area contributed by atoms with Crippen LogP contribution in [0, 0.1) is 0 Å². The van der Waals surface area contributed by atoms with Crippen molar-refractivity contribution in [1.82, 2.24) is 0 Å². The Morgan fingerprint density at radius 3 is 2.54 bits per heavy atom. The third-order valence-electron chi connectivity index (χ3n) is 3.89. The summed E-state index contributed by atoms with van der Waals surface area (Å²) in [6, 6.07) is 15.0. The molecular weight excluding hydrogens is 372 g/mol. The molecule has 0 spiro atoms. The maximum atomic E-state index is 12.4. The van der Waals surface area contributed by atoms with E-state index in [0.717, 1.165) is 17.0 Å². The zero-order chi connectivity index (χ0) is 18.5. The van der Waals surface area contributed by atoms with Gasteiger partial charge in [0.1, 0.15) is 17.0 Å². The third kappa shape index (κ3) is 4.14. The monoisotopic (exact) mass is 390 g/mol. The molecule has 1 saturated heterocycles. The number of hydrogen-bond donors (Lipinski definition) is 1. The van der Waals surface area contributed by atoms with E-state index in [9.17, 15) is 9.59 Å². The average molecular weight is 391 g/mol. The van der Waals surface area contributed by atoms with Gasteiger partial charge in [0.05, 0.1) is 12.4 Å². The highest BCUT2D eigenvalue weighted by Gasteiger charge is 2.34. The Hall–Kier alpha value is -2.18. The molecule has 1 atom stereocenters. The maximum absolute atomic E-state index is 12.4. The number of nitrogens with zero attached hydrogens (tertiary/aromatic N) is 1. The van der Waals surface area contributed by atoms with Crippen LogP contribution in [0.4, 0.5) is 11.4 Å². The van der Waals surface area contributed by atoms with E-state index >= 15 is 0 Å². The smallest absolute Gasteiger partial charge is 0.239 e. The highest BCUT2D eigenvalue weighted by Crippen LogP contribution is 2.42. The third-order valence-corrected chi connectivity index (χ3v) is 5.35. The molecule has 26 heavy (non-hydrogen) atoms. The molecule has 0 unspecified atom stereocenters. The Kier molecular flexibility index (Phi) is 6.06. The summed E-state index contributed by atoms with van der Waals surface area (Å²) in [5.41, 5.74) is 2.52. The van der Waals surface area contributed by atoms with Crippen molar-refractivity contribution in [3.05, 3.63) is 54.1 Å². The van der Waals surface area contributed by atoms with Crippen molar-refractivity contribution in [3.8, 4) is 5.75 Å². The minimum Gasteiger partial charge on any atom is -0.494 e. The molecule has 1 aliphatic heterocycles. The van der Waals surface area contributed by atoms with E-state index in [-0.39, 0.29) is 23.1 Å². The Bertz CT molecular complexity index is 780. The van der Waals surface area contributed by atoms with Gasteiger partial charge in [0.25, 0.3) is 0 Å². The number of hydrogen-bond acceptors (Lipinski definition) is 4. The van der Waals surface area contributed by atoms with E-state index in [1.54, 1.807) is 16.7 Å². The highest BCUT2D eigenvalue weighted by atomic mass is 35.5. The number of nitrogens with one attached hydrogen (secondary N) is 1. The molecule has 1 aliphatic rings. The quantitative estimate of drug-likeness (QED) is 0.756. The van der Waals surface area contributed by atoms with Crippen LogP contribution in [-0.2, 0) is 9.59 Å². The number of ether oxygens (including phenoxy) is 1. The van der Waals surface area contributed by atoms with Crippen LogP contribution in [-0.4, -0.2) is 30.1 Å². The Morgan fingerprint density at radius 1 is 1.23 bits per heavy atom. The predicted octanol–water partition coefficient (Wildman–Crippen LogP) is 4.04. The first kappa shape index (κ1) is 18.6. The van der Waals surface area contributed by atoms with Crippen LogP contribution in [0.25, 0.3) is 0 Å². The molecule has 1 N–H and O–H groups in total. The number of anilines is 2. The number of amides is 2. The van der Waals surface area contributed by atoms with E-state index in [1.165, 1.54) is 0 Å². The second-order valence-corrected chi connectivity index (χ2v) is 6.99. The van der Waals surface area contributed by atoms with Gasteiger partial charge in [-0.3, -0.25) is 14.5 Å². The summed E-state index contributed by atoms with van der Waals surface area (Å²) < 4.78 is 5.46. The predicted molar refractivity (Wildman–Crippen MR) is 106 cm³/mol. The van der Waals surface area contributed by atoms with Crippen molar-refractivity contribution in [3.63, 3.8) is 0 Å². The second kappa shape index (κ2) is 8.47. The molecule has 1 heterocycles. The van der Waals surface area contributed by atoms with Crippen LogP contribution in [0.3, 0.4) is 0 Å². The van der Waals surface area contributed by atoms with Gasteiger partial charge in [-0.1, -0.05) is 12.1 Å². The minimum absolute atomic E-state index is 0.0729. The highest BCUT2D eigenvalue weighted by molar-refractivity contribution is 8.00. The number of halogens is 1. The van der Waals surface area contributed by atoms with Crippen molar-refractivity contribution in [2.75, 3.05) is 28.5 Å². The van der Waals surface area contributed by atoms with Gasteiger partial charge in [0.2, 0.25) is 11.8 Å². The standard InChI is InChI=1S/C19H19ClN2O3S/c1-2-25-16-9-7-15(8-10-16)22-18(24)12-26-19(22)13-3-5-14(6-4-13)21-17(23)11-20/h3-10,19H,2,11-12H2,1H3,(H,21,23)/t19-/m0/s1. The normalized spacial score (nSPS) is 16.6. The topological polar surface area (TPSA) is 58.6 Å². The number of carbonyl (C=O) groups excluding carboxylic acids is 2. The van der Waals surface area contributed by atoms with Crippen molar-refractivity contribution < 1.29 is 14.3 Å². The van der Waals surface area contributed by atoms with E-state index < -0.39 is 0 Å². The van der Waals surface area contributed by atoms with Crippen molar-refractivity contribution >= 4 is 46.6 Å². The maximum Gasteiger partial charge on any atom is 0.239 e. The molecule has 0 bridgehead atoms. The van der Waals surface area contributed by atoms with E-state index in [0.29, 0.717) is 18.0 Å². The summed E-state index contributed by atoms with van der Waals surface area (Å²) >= 11 is 7.08. The largest absolute Gasteiger partial charge is 0.494 e. The molecule has 5 nitrogen and oxygen atoms in total. The molecule has 2 amide bonds. The van der Waals surface area contributed by atoms with E-state index in [1.807, 2.05) is 55.5 Å². The summed E-state index contributed by atoms with van der Waals surface area (Å²) in [6.07, 6.45) is 0. The van der Waals surface area contributed by atoms with Gasteiger partial charge in [-0.2, -0.15) is 0 Å². The number of thioether (sulfide) groups is 1. The van der Waals surface area contributed by atoms with Crippen LogP contribution in [0.15, 0.2) is 48.5 Å². The van der Waals surface area contributed by atoms with Gasteiger partial charge in [-0.25, -0.2) is 0 Å². The number of rotatable bonds is 6. The van der Waals surface area contributed by atoms with Gasteiger partial charge >= 0.3 is 0 Å². The zero-order valence-electron chi connectivity index (χ0n) is 14.3. The lowest BCUT2D eigenvalue weighted by Crippen LogP contribution is -2.27. The second-order valence-electron chi connectivity index (χ2n) is 5.66. The molecule has 3 rings (SSSR count). The number of alkyl halides is 1. The Labute approximate surface area is 161 Å².